The maximum Gasteiger partial charge on any atom is 0.328 e. The summed E-state index contributed by atoms with van der Waals surface area (Å²) in [4.78, 5) is 44.4. The highest BCUT2D eigenvalue weighted by Gasteiger charge is 2.25. The van der Waals surface area contributed by atoms with Gasteiger partial charge in [0.1, 0.15) is 6.04 Å². The first-order valence-corrected chi connectivity index (χ1v) is 7.61. The van der Waals surface area contributed by atoms with E-state index in [0.29, 0.717) is 12.8 Å². The van der Waals surface area contributed by atoms with Crippen molar-refractivity contribution in [3.63, 3.8) is 0 Å². The average molecular weight is 353 g/mol. The fraction of sp³-hybridized carbons (Fsp3) is 0.467. The third kappa shape index (κ3) is 5.83. The molecule has 0 aliphatic heterocycles. The van der Waals surface area contributed by atoms with Crippen LogP contribution < -0.4 is 5.32 Å². The van der Waals surface area contributed by atoms with Gasteiger partial charge >= 0.3 is 5.97 Å². The summed E-state index contributed by atoms with van der Waals surface area (Å²) in [5, 5.41) is 24.2. The van der Waals surface area contributed by atoms with Crippen LogP contribution in [0.4, 0.5) is 11.4 Å². The maximum absolute atomic E-state index is 12.3. The summed E-state index contributed by atoms with van der Waals surface area (Å²) < 4.78 is 5.06. The maximum atomic E-state index is 12.3. The molecule has 1 amide bonds. The number of esters is 1. The fourth-order valence-corrected chi connectivity index (χ4v) is 2.03. The number of hydrogen-bond donors (Lipinski definition) is 1. The van der Waals surface area contributed by atoms with Gasteiger partial charge in [-0.15, -0.1) is 0 Å². The number of nitro benzene ring substituents is 2. The van der Waals surface area contributed by atoms with Crippen molar-refractivity contribution < 1.29 is 24.2 Å². The second kappa shape index (κ2) is 8.71. The zero-order valence-electron chi connectivity index (χ0n) is 14.1. The van der Waals surface area contributed by atoms with E-state index in [1.165, 1.54) is 0 Å². The first-order chi connectivity index (χ1) is 11.6. The van der Waals surface area contributed by atoms with Crippen molar-refractivity contribution in [1.29, 1.82) is 0 Å². The van der Waals surface area contributed by atoms with Crippen LogP contribution in [-0.2, 0) is 9.53 Å². The molecule has 1 aromatic carbocycles. The van der Waals surface area contributed by atoms with Crippen molar-refractivity contribution in [3.8, 4) is 0 Å². The zero-order chi connectivity index (χ0) is 19.1. The van der Waals surface area contributed by atoms with Gasteiger partial charge in [0.15, 0.2) is 0 Å². The molecule has 1 atom stereocenters. The van der Waals surface area contributed by atoms with Crippen molar-refractivity contribution >= 4 is 23.3 Å². The number of nitrogens with one attached hydrogen (secondary N) is 1. The fourth-order valence-electron chi connectivity index (χ4n) is 2.03. The molecule has 0 spiro atoms. The molecule has 0 saturated heterocycles. The van der Waals surface area contributed by atoms with Gasteiger partial charge in [-0.25, -0.2) is 4.79 Å². The number of carbonyl (C=O) groups excluding carboxylic acids is 2. The number of carbonyl (C=O) groups is 2. The van der Waals surface area contributed by atoms with E-state index in [2.05, 4.69) is 5.32 Å². The Balaban J connectivity index is 3.09. The van der Waals surface area contributed by atoms with Crippen LogP contribution in [0.5, 0.6) is 0 Å². The molecule has 1 N–H and O–H groups in total. The largest absolute Gasteiger partial charge is 0.461 e. The molecule has 25 heavy (non-hydrogen) atoms. The van der Waals surface area contributed by atoms with E-state index in [-0.39, 0.29) is 11.7 Å². The SMILES string of the molecule is CCC[C@H](NC(=O)c1cc([N+](=O)[O-])cc([N+](=O)[O-])c1)C(=O)OC(C)C. The number of amides is 1. The Morgan fingerprint density at radius 3 is 2.04 bits per heavy atom. The van der Waals surface area contributed by atoms with Crippen molar-refractivity contribution in [2.75, 3.05) is 0 Å². The Hall–Kier alpha value is -3.04. The highest BCUT2D eigenvalue weighted by Crippen LogP contribution is 2.22. The average Bonchev–Trinajstić information content (AvgIpc) is 2.53. The van der Waals surface area contributed by atoms with Crippen LogP contribution >= 0.6 is 0 Å². The second-order valence-corrected chi connectivity index (χ2v) is 5.55. The lowest BCUT2D eigenvalue weighted by Crippen LogP contribution is -2.42. The van der Waals surface area contributed by atoms with E-state index in [0.717, 1.165) is 18.2 Å². The summed E-state index contributed by atoms with van der Waals surface area (Å²) in [5.41, 5.74) is -1.45. The number of ether oxygens (including phenoxy) is 1. The number of rotatable bonds is 8. The molecule has 0 fully saturated rings. The molecule has 0 aromatic heterocycles. The summed E-state index contributed by atoms with van der Waals surface area (Å²) in [6.45, 7) is 5.12. The summed E-state index contributed by atoms with van der Waals surface area (Å²) >= 11 is 0. The van der Waals surface area contributed by atoms with Crippen LogP contribution in [-0.4, -0.2) is 33.9 Å². The molecule has 0 heterocycles. The molecule has 0 aliphatic rings. The smallest absolute Gasteiger partial charge is 0.328 e. The minimum atomic E-state index is -0.946. The third-order valence-corrected chi connectivity index (χ3v) is 3.11. The third-order valence-electron chi connectivity index (χ3n) is 3.11. The van der Waals surface area contributed by atoms with Gasteiger partial charge in [-0.05, 0) is 20.3 Å². The van der Waals surface area contributed by atoms with Crippen LogP contribution in [0.15, 0.2) is 18.2 Å². The Morgan fingerprint density at radius 2 is 1.64 bits per heavy atom. The van der Waals surface area contributed by atoms with Crippen LogP contribution in [0, 0.1) is 20.2 Å². The van der Waals surface area contributed by atoms with Crippen molar-refractivity contribution in [2.45, 2.75) is 45.8 Å². The molecule has 0 saturated carbocycles. The first-order valence-electron chi connectivity index (χ1n) is 7.61. The molecular weight excluding hydrogens is 334 g/mol. The van der Waals surface area contributed by atoms with Crippen LogP contribution in [0.3, 0.4) is 0 Å². The monoisotopic (exact) mass is 353 g/mol. The van der Waals surface area contributed by atoms with Crippen molar-refractivity contribution in [3.05, 3.63) is 44.0 Å². The molecule has 0 radical (unpaired) electrons. The molecule has 136 valence electrons. The van der Waals surface area contributed by atoms with E-state index in [9.17, 15) is 29.8 Å². The molecule has 10 nitrogen and oxygen atoms in total. The van der Waals surface area contributed by atoms with Crippen molar-refractivity contribution in [1.82, 2.24) is 5.32 Å². The molecule has 1 rings (SSSR count). The highest BCUT2D eigenvalue weighted by molar-refractivity contribution is 5.97. The van der Waals surface area contributed by atoms with Crippen LogP contribution in [0.1, 0.15) is 44.0 Å². The summed E-state index contributed by atoms with van der Waals surface area (Å²) in [5.74, 6) is -1.46. The van der Waals surface area contributed by atoms with Crippen LogP contribution in [0.2, 0.25) is 0 Å². The standard InChI is InChI=1S/C15H19N3O7/c1-4-5-13(15(20)25-9(2)3)16-14(19)10-6-11(17(21)22)8-12(7-10)18(23)24/h6-9,13H,4-5H2,1-3H3,(H,16,19)/t13-/m0/s1. The van der Waals surface area contributed by atoms with E-state index >= 15 is 0 Å². The molecule has 0 bridgehead atoms. The number of nitro groups is 2. The predicted molar refractivity (Wildman–Crippen MR) is 87.1 cm³/mol. The zero-order valence-corrected chi connectivity index (χ0v) is 14.1. The Morgan fingerprint density at radius 1 is 1.12 bits per heavy atom. The second-order valence-electron chi connectivity index (χ2n) is 5.55. The topological polar surface area (TPSA) is 142 Å². The summed E-state index contributed by atoms with van der Waals surface area (Å²) in [6, 6.07) is 1.64. The summed E-state index contributed by atoms with van der Waals surface area (Å²) in [7, 11) is 0. The number of hydrogen-bond acceptors (Lipinski definition) is 7. The van der Waals surface area contributed by atoms with Gasteiger partial charge in [0.25, 0.3) is 17.3 Å². The van der Waals surface area contributed by atoms with E-state index < -0.39 is 39.1 Å². The van der Waals surface area contributed by atoms with Gasteiger partial charge in [0.2, 0.25) is 0 Å². The molecule has 10 heteroatoms. The minimum Gasteiger partial charge on any atom is -0.461 e. The van der Waals surface area contributed by atoms with Gasteiger partial charge in [0.05, 0.1) is 27.6 Å². The normalized spacial score (nSPS) is 11.7. The molecular formula is C15H19N3O7. The van der Waals surface area contributed by atoms with Gasteiger partial charge in [-0.1, -0.05) is 13.3 Å². The number of benzene rings is 1. The van der Waals surface area contributed by atoms with Gasteiger partial charge in [-0.3, -0.25) is 25.0 Å². The van der Waals surface area contributed by atoms with Crippen molar-refractivity contribution in [2.24, 2.45) is 0 Å². The minimum absolute atomic E-state index is 0.278. The first kappa shape index (κ1) is 20.0. The predicted octanol–water partition coefficient (Wildman–Crippen LogP) is 2.35. The quantitative estimate of drug-likeness (QED) is 0.429. The summed E-state index contributed by atoms with van der Waals surface area (Å²) in [6.07, 6.45) is 0.504. The lowest BCUT2D eigenvalue weighted by atomic mass is 10.1. The van der Waals surface area contributed by atoms with Gasteiger partial charge < -0.3 is 10.1 Å². The highest BCUT2D eigenvalue weighted by atomic mass is 16.6. The number of nitrogens with zero attached hydrogens (tertiary/aromatic N) is 2. The molecule has 0 unspecified atom stereocenters. The van der Waals surface area contributed by atoms with Gasteiger partial charge in [-0.2, -0.15) is 0 Å². The number of non-ortho nitro benzene ring substituents is 2. The Kier molecular flexibility index (Phi) is 6.97. The molecule has 0 aliphatic carbocycles. The lowest BCUT2D eigenvalue weighted by Gasteiger charge is -2.18. The van der Waals surface area contributed by atoms with Gasteiger partial charge in [0, 0.05) is 12.1 Å². The van der Waals surface area contributed by atoms with Crippen LogP contribution in [0.25, 0.3) is 0 Å². The van der Waals surface area contributed by atoms with E-state index in [1.807, 2.05) is 0 Å². The van der Waals surface area contributed by atoms with E-state index in [4.69, 9.17) is 4.74 Å². The molecule has 1 aromatic rings. The Labute approximate surface area is 143 Å². The van der Waals surface area contributed by atoms with E-state index in [1.54, 1.807) is 20.8 Å². The lowest BCUT2D eigenvalue weighted by molar-refractivity contribution is -0.394. The Bertz CT molecular complexity index is 655.